The van der Waals surface area contributed by atoms with E-state index in [1.54, 1.807) is 18.9 Å². The Morgan fingerprint density at radius 3 is 2.38 bits per heavy atom. The van der Waals surface area contributed by atoms with Crippen molar-refractivity contribution in [2.45, 2.75) is 53.9 Å². The summed E-state index contributed by atoms with van der Waals surface area (Å²) >= 11 is 1.57. The summed E-state index contributed by atoms with van der Waals surface area (Å²) in [5.41, 5.74) is 1.14. The van der Waals surface area contributed by atoms with E-state index in [-0.39, 0.29) is 0 Å². The molecule has 2 aromatic carbocycles. The topological polar surface area (TPSA) is 65.0 Å². The van der Waals surface area contributed by atoms with Gasteiger partial charge in [-0.15, -0.1) is 0 Å². The number of rotatable bonds is 5. The highest BCUT2D eigenvalue weighted by Crippen LogP contribution is 2.63. The summed E-state index contributed by atoms with van der Waals surface area (Å²) in [6.07, 6.45) is 8.17. The lowest BCUT2D eigenvalue weighted by Gasteiger charge is -2.55. The second-order valence-electron chi connectivity index (χ2n) is 9.74. The molecule has 0 amide bonds. The van der Waals surface area contributed by atoms with E-state index in [9.17, 15) is 9.46 Å². The van der Waals surface area contributed by atoms with E-state index in [4.69, 9.17) is 13.8 Å². The lowest BCUT2D eigenvalue weighted by atomic mass is 9.54. The zero-order valence-electron chi connectivity index (χ0n) is 18.0. The van der Waals surface area contributed by atoms with Crippen LogP contribution < -0.4 is 4.74 Å². The van der Waals surface area contributed by atoms with Crippen LogP contribution in [0.5, 0.6) is 5.75 Å². The molecule has 1 aliphatic heterocycles. The molecule has 1 N–H and O–H groups in total. The Morgan fingerprint density at radius 1 is 1.00 bits per heavy atom. The van der Waals surface area contributed by atoms with Gasteiger partial charge in [0.1, 0.15) is 11.5 Å². The number of hydrogen-bond acceptors (Lipinski definition) is 5. The largest absolute Gasteiger partial charge is 0.527 e. The van der Waals surface area contributed by atoms with Crippen LogP contribution >= 0.6 is 19.6 Å². The minimum Gasteiger partial charge on any atom is -0.496 e. The molecule has 32 heavy (non-hydrogen) atoms. The fourth-order valence-electron chi connectivity index (χ4n) is 6.60. The lowest BCUT2D eigenvalue weighted by molar-refractivity contribution is -0.117. The van der Waals surface area contributed by atoms with Crippen molar-refractivity contribution < 1.29 is 23.2 Å². The molecule has 1 heterocycles. The molecule has 2 aromatic rings. The first-order valence-corrected chi connectivity index (χ1v) is 13.6. The molecule has 4 saturated carbocycles. The predicted molar refractivity (Wildman–Crippen MR) is 124 cm³/mol. The molecule has 4 aliphatic carbocycles. The van der Waals surface area contributed by atoms with Crippen molar-refractivity contribution in [1.82, 2.24) is 0 Å². The summed E-state index contributed by atoms with van der Waals surface area (Å²) in [4.78, 5) is 12.8. The Kier molecular flexibility index (Phi) is 4.99. The van der Waals surface area contributed by atoms with E-state index in [2.05, 4.69) is 0 Å². The van der Waals surface area contributed by atoms with Crippen LogP contribution in [0.3, 0.4) is 0 Å². The first-order valence-electron chi connectivity index (χ1n) is 11.3. The Bertz CT molecular complexity index is 1110. The van der Waals surface area contributed by atoms with Gasteiger partial charge in [0.25, 0.3) is 0 Å². The molecule has 7 rings (SSSR count). The SMILES string of the molecule is COc1cccc2c1Sc1ccccc1C=C2OP(=O)(O)OC12CC3CC(CC(C3)C1)C2. The average Bonchev–Trinajstić information content (AvgIpc) is 2.88. The first-order chi connectivity index (χ1) is 15.4. The highest BCUT2D eigenvalue weighted by atomic mass is 32.2. The fourth-order valence-corrected chi connectivity index (χ4v) is 8.90. The van der Waals surface area contributed by atoms with Crippen LogP contribution in [0, 0.1) is 17.8 Å². The molecule has 4 fully saturated rings. The van der Waals surface area contributed by atoms with Gasteiger partial charge in [0.2, 0.25) is 0 Å². The molecule has 0 saturated heterocycles. The third kappa shape index (κ3) is 3.71. The Balaban J connectivity index is 1.35. The van der Waals surface area contributed by atoms with Crippen molar-refractivity contribution >= 4 is 31.4 Å². The van der Waals surface area contributed by atoms with Gasteiger partial charge < -0.3 is 9.26 Å². The second-order valence-corrected chi connectivity index (χ2v) is 12.1. The number of methoxy groups -OCH3 is 1. The van der Waals surface area contributed by atoms with E-state index in [0.29, 0.717) is 29.3 Å². The van der Waals surface area contributed by atoms with E-state index in [1.165, 1.54) is 19.3 Å². The van der Waals surface area contributed by atoms with Crippen molar-refractivity contribution in [2.24, 2.45) is 17.8 Å². The van der Waals surface area contributed by atoms with Gasteiger partial charge in [-0.2, -0.15) is 0 Å². The summed E-state index contributed by atoms with van der Waals surface area (Å²) in [5.74, 6) is 2.89. The van der Waals surface area contributed by atoms with E-state index >= 15 is 0 Å². The van der Waals surface area contributed by atoms with Gasteiger partial charge in [-0.1, -0.05) is 36.0 Å². The van der Waals surface area contributed by atoms with Crippen LogP contribution in [0.2, 0.25) is 0 Å². The van der Waals surface area contributed by atoms with Crippen LogP contribution in [0.4, 0.5) is 0 Å². The molecule has 5 nitrogen and oxygen atoms in total. The molecule has 4 bridgehead atoms. The minimum atomic E-state index is -4.34. The van der Waals surface area contributed by atoms with Crippen LogP contribution in [0.1, 0.15) is 49.7 Å². The number of phosphoric acid groups is 1. The zero-order valence-corrected chi connectivity index (χ0v) is 19.7. The van der Waals surface area contributed by atoms with Crippen molar-refractivity contribution in [3.8, 4) is 5.75 Å². The molecular formula is C25H27O5PS. The maximum atomic E-state index is 13.4. The third-order valence-corrected chi connectivity index (χ3v) is 9.65. The minimum absolute atomic E-state index is 0.340. The summed E-state index contributed by atoms with van der Waals surface area (Å²) in [5, 5.41) is 0. The Morgan fingerprint density at radius 2 is 1.69 bits per heavy atom. The molecule has 0 aromatic heterocycles. The normalized spacial score (nSPS) is 31.7. The molecule has 1 unspecified atom stereocenters. The molecule has 0 spiro atoms. The van der Waals surface area contributed by atoms with Gasteiger partial charge in [-0.3, -0.25) is 9.42 Å². The van der Waals surface area contributed by atoms with Crippen LogP contribution in [-0.2, 0) is 13.6 Å². The number of phosphoric ester groups is 1. The summed E-state index contributed by atoms with van der Waals surface area (Å²) in [6.45, 7) is 0. The van der Waals surface area contributed by atoms with Crippen LogP contribution in [0.25, 0.3) is 11.8 Å². The van der Waals surface area contributed by atoms with Crippen molar-refractivity contribution in [2.75, 3.05) is 7.11 Å². The number of ether oxygens (including phenoxy) is 1. The van der Waals surface area contributed by atoms with Crippen LogP contribution in [-0.4, -0.2) is 17.6 Å². The smallest absolute Gasteiger partial charge is 0.496 e. The molecule has 1 atom stereocenters. The highest BCUT2D eigenvalue weighted by Gasteiger charge is 2.54. The van der Waals surface area contributed by atoms with Gasteiger partial charge in [0, 0.05) is 10.5 Å². The van der Waals surface area contributed by atoms with Crippen molar-refractivity contribution in [3.05, 3.63) is 53.6 Å². The Labute approximate surface area is 192 Å². The quantitative estimate of drug-likeness (QED) is 0.487. The maximum absolute atomic E-state index is 13.4. The molecule has 7 heteroatoms. The molecule has 0 radical (unpaired) electrons. The van der Waals surface area contributed by atoms with Crippen LogP contribution in [0.15, 0.2) is 52.3 Å². The monoisotopic (exact) mass is 470 g/mol. The van der Waals surface area contributed by atoms with Gasteiger partial charge in [-0.05, 0) is 86.1 Å². The van der Waals surface area contributed by atoms with Gasteiger partial charge in [0.15, 0.2) is 0 Å². The van der Waals surface area contributed by atoms with E-state index in [1.807, 2.05) is 48.5 Å². The number of benzene rings is 2. The molecule has 5 aliphatic rings. The standard InChI is InChI=1S/C25H27O5PS/c1-28-21-7-4-6-20-22(12-19-5-2-3-8-23(19)32-24(20)21)29-31(26,27)30-25-13-16-9-17(14-25)11-18(10-16)15-25/h2-8,12,16-18H,9-11,13-15H2,1H3,(H,26,27). The number of fused-ring (bicyclic) bond motifs is 2. The maximum Gasteiger partial charge on any atom is 0.527 e. The predicted octanol–water partition coefficient (Wildman–Crippen LogP) is 6.76. The third-order valence-electron chi connectivity index (χ3n) is 7.39. The van der Waals surface area contributed by atoms with Gasteiger partial charge >= 0.3 is 7.82 Å². The van der Waals surface area contributed by atoms with Crippen molar-refractivity contribution in [3.63, 3.8) is 0 Å². The average molecular weight is 471 g/mol. The summed E-state index contributed by atoms with van der Waals surface area (Å²) in [7, 11) is -2.71. The fraction of sp³-hybridized carbons (Fsp3) is 0.440. The van der Waals surface area contributed by atoms with E-state index in [0.717, 1.165) is 40.2 Å². The zero-order chi connectivity index (χ0) is 21.9. The number of hydrogen-bond donors (Lipinski definition) is 1. The molecular weight excluding hydrogens is 443 g/mol. The van der Waals surface area contributed by atoms with Gasteiger partial charge in [-0.25, -0.2) is 4.57 Å². The van der Waals surface area contributed by atoms with Crippen molar-refractivity contribution in [1.29, 1.82) is 0 Å². The summed E-state index contributed by atoms with van der Waals surface area (Å²) < 4.78 is 30.9. The lowest BCUT2D eigenvalue weighted by Crippen LogP contribution is -2.51. The molecule has 168 valence electrons. The van der Waals surface area contributed by atoms with E-state index < -0.39 is 13.4 Å². The highest BCUT2D eigenvalue weighted by molar-refractivity contribution is 7.99. The second kappa shape index (κ2) is 7.66. The van der Waals surface area contributed by atoms with Gasteiger partial charge in [0.05, 0.1) is 17.6 Å². The first kappa shape index (κ1) is 20.9. The summed E-state index contributed by atoms with van der Waals surface area (Å²) in [6, 6.07) is 13.6. The Hall–Kier alpha value is -1.72.